The van der Waals surface area contributed by atoms with Gasteiger partial charge in [-0.05, 0) is 43.1 Å². The number of aromatic nitrogens is 1. The maximum Gasteiger partial charge on any atom is 0.443 e. The van der Waals surface area contributed by atoms with Crippen molar-refractivity contribution in [2.45, 2.75) is 45.2 Å². The highest BCUT2D eigenvalue weighted by atomic mass is 32.1. The molecule has 1 aromatic heterocycles. The lowest BCUT2D eigenvalue weighted by Crippen LogP contribution is -2.32. The molecule has 108 valence electrons. The van der Waals surface area contributed by atoms with Crippen LogP contribution in [0.5, 0.6) is 0 Å². The molecule has 2 rings (SSSR count). The van der Waals surface area contributed by atoms with Crippen molar-refractivity contribution >= 4 is 11.3 Å². The van der Waals surface area contributed by atoms with Gasteiger partial charge in [-0.1, -0.05) is 13.8 Å². The summed E-state index contributed by atoms with van der Waals surface area (Å²) in [6.07, 6.45) is -0.00833. The molecule has 19 heavy (non-hydrogen) atoms. The third kappa shape index (κ3) is 3.28. The minimum atomic E-state index is -4.34. The van der Waals surface area contributed by atoms with Gasteiger partial charge in [0, 0.05) is 11.1 Å². The van der Waals surface area contributed by atoms with Crippen LogP contribution in [0, 0.1) is 11.3 Å². The van der Waals surface area contributed by atoms with Crippen LogP contribution in [0.15, 0.2) is 6.20 Å². The van der Waals surface area contributed by atoms with Gasteiger partial charge in [-0.25, -0.2) is 4.98 Å². The zero-order valence-electron chi connectivity index (χ0n) is 11.1. The molecule has 2 N–H and O–H groups in total. The highest BCUT2D eigenvalue weighted by Gasteiger charge is 2.39. The number of nitrogens with two attached hydrogens (primary N) is 1. The molecule has 1 fully saturated rings. The van der Waals surface area contributed by atoms with Crippen molar-refractivity contribution in [3.63, 3.8) is 0 Å². The summed E-state index contributed by atoms with van der Waals surface area (Å²) >= 11 is 0.775. The Hall–Kier alpha value is -0.620. The third-order valence-corrected chi connectivity index (χ3v) is 5.14. The summed E-state index contributed by atoms with van der Waals surface area (Å²) < 4.78 is 37.9. The number of alkyl halides is 3. The van der Waals surface area contributed by atoms with Gasteiger partial charge in [0.05, 0.1) is 0 Å². The Morgan fingerprint density at radius 2 is 2.16 bits per heavy atom. The summed E-state index contributed by atoms with van der Waals surface area (Å²) in [7, 11) is 0. The summed E-state index contributed by atoms with van der Waals surface area (Å²) in [5.74, 6) is 0.386. The lowest BCUT2D eigenvalue weighted by molar-refractivity contribution is -0.137. The normalized spacial score (nSPS) is 27.5. The van der Waals surface area contributed by atoms with Crippen LogP contribution in [-0.4, -0.2) is 11.5 Å². The van der Waals surface area contributed by atoms with Crippen molar-refractivity contribution in [1.29, 1.82) is 0 Å². The van der Waals surface area contributed by atoms with E-state index in [9.17, 15) is 13.2 Å². The Balaban J connectivity index is 2.25. The highest BCUT2D eigenvalue weighted by Crippen LogP contribution is 2.48. The first-order valence-corrected chi connectivity index (χ1v) is 7.27. The predicted molar refractivity (Wildman–Crippen MR) is 70.0 cm³/mol. The van der Waals surface area contributed by atoms with E-state index in [-0.39, 0.29) is 17.3 Å². The summed E-state index contributed by atoms with van der Waals surface area (Å²) in [4.78, 5) is 4.26. The van der Waals surface area contributed by atoms with E-state index in [1.807, 2.05) is 0 Å². The molecule has 0 bridgehead atoms. The van der Waals surface area contributed by atoms with Gasteiger partial charge in [-0.3, -0.25) is 0 Å². The average Bonchev–Trinajstić information content (AvgIpc) is 2.76. The lowest BCUT2D eigenvalue weighted by Gasteiger charge is -2.40. The molecule has 0 radical (unpaired) electrons. The predicted octanol–water partition coefficient (Wildman–Crippen LogP) is 4.03. The van der Waals surface area contributed by atoms with Crippen LogP contribution in [-0.2, 0) is 6.18 Å². The maximum absolute atomic E-state index is 12.6. The van der Waals surface area contributed by atoms with Gasteiger partial charge in [0.2, 0.25) is 0 Å². The molecule has 0 saturated heterocycles. The fourth-order valence-corrected chi connectivity index (χ4v) is 3.82. The van der Waals surface area contributed by atoms with Gasteiger partial charge in [-0.15, -0.1) is 11.3 Å². The fourth-order valence-electron chi connectivity index (χ4n) is 2.85. The molecule has 1 aliphatic rings. The van der Waals surface area contributed by atoms with Gasteiger partial charge in [0.25, 0.3) is 0 Å². The quantitative estimate of drug-likeness (QED) is 0.893. The first-order valence-electron chi connectivity index (χ1n) is 6.46. The molecule has 6 heteroatoms. The molecular weight excluding hydrogens is 273 g/mol. The molecule has 1 aliphatic carbocycles. The van der Waals surface area contributed by atoms with Crippen LogP contribution in [0.4, 0.5) is 13.2 Å². The number of hydrogen-bond donors (Lipinski definition) is 1. The molecule has 2 atom stereocenters. The van der Waals surface area contributed by atoms with E-state index in [1.165, 1.54) is 6.20 Å². The van der Waals surface area contributed by atoms with Crippen molar-refractivity contribution < 1.29 is 13.2 Å². The third-order valence-electron chi connectivity index (χ3n) is 3.97. The first kappa shape index (κ1) is 14.8. The number of rotatable bonds is 2. The van der Waals surface area contributed by atoms with E-state index < -0.39 is 11.2 Å². The fraction of sp³-hybridized carbons (Fsp3) is 0.769. The standard InChI is InChI=1S/C13H19F3N2S/c1-12(2)4-3-8(6-17)9(5-12)10-7-18-11(19-10)13(14,15)16/h7-9H,3-6,17H2,1-2H3. The minimum Gasteiger partial charge on any atom is -0.330 e. The Morgan fingerprint density at radius 1 is 1.47 bits per heavy atom. The van der Waals surface area contributed by atoms with Gasteiger partial charge in [-0.2, -0.15) is 13.2 Å². The molecule has 1 saturated carbocycles. The van der Waals surface area contributed by atoms with Crippen LogP contribution in [0.25, 0.3) is 0 Å². The molecular formula is C13H19F3N2S. The van der Waals surface area contributed by atoms with Crippen LogP contribution in [0.3, 0.4) is 0 Å². The monoisotopic (exact) mass is 292 g/mol. The van der Waals surface area contributed by atoms with Crippen molar-refractivity contribution in [2.24, 2.45) is 17.1 Å². The maximum atomic E-state index is 12.6. The molecule has 2 unspecified atom stereocenters. The van der Waals surface area contributed by atoms with E-state index in [4.69, 9.17) is 5.73 Å². The van der Waals surface area contributed by atoms with Crippen LogP contribution >= 0.6 is 11.3 Å². The van der Waals surface area contributed by atoms with Crippen molar-refractivity contribution in [3.05, 3.63) is 16.1 Å². The van der Waals surface area contributed by atoms with Gasteiger partial charge < -0.3 is 5.73 Å². The highest BCUT2D eigenvalue weighted by molar-refractivity contribution is 7.11. The van der Waals surface area contributed by atoms with Gasteiger partial charge in [0.1, 0.15) is 0 Å². The van der Waals surface area contributed by atoms with E-state index in [0.717, 1.165) is 35.5 Å². The number of nitrogens with zero attached hydrogens (tertiary/aromatic N) is 1. The molecule has 0 aromatic carbocycles. The summed E-state index contributed by atoms with van der Waals surface area (Å²) in [5, 5.41) is -0.748. The molecule has 0 amide bonds. The number of hydrogen-bond acceptors (Lipinski definition) is 3. The van der Waals surface area contributed by atoms with Crippen molar-refractivity contribution in [3.8, 4) is 0 Å². The Kier molecular flexibility index (Phi) is 3.93. The van der Waals surface area contributed by atoms with Crippen LogP contribution in [0.1, 0.15) is 48.9 Å². The number of thiazole rings is 1. The van der Waals surface area contributed by atoms with Crippen LogP contribution in [0.2, 0.25) is 0 Å². The van der Waals surface area contributed by atoms with Crippen molar-refractivity contribution in [1.82, 2.24) is 4.98 Å². The summed E-state index contributed by atoms with van der Waals surface area (Å²) in [6, 6.07) is 0. The first-order chi connectivity index (χ1) is 8.73. The van der Waals surface area contributed by atoms with Gasteiger partial charge in [0.15, 0.2) is 5.01 Å². The Labute approximate surface area is 115 Å². The zero-order valence-corrected chi connectivity index (χ0v) is 11.9. The Bertz CT molecular complexity index is 439. The van der Waals surface area contributed by atoms with Gasteiger partial charge >= 0.3 is 6.18 Å². The van der Waals surface area contributed by atoms with Crippen LogP contribution < -0.4 is 5.73 Å². The summed E-state index contributed by atoms with van der Waals surface area (Å²) in [6.45, 7) is 4.86. The van der Waals surface area contributed by atoms with E-state index >= 15 is 0 Å². The molecule has 1 aromatic rings. The van der Waals surface area contributed by atoms with E-state index in [0.29, 0.717) is 6.54 Å². The minimum absolute atomic E-state index is 0.113. The van der Waals surface area contributed by atoms with E-state index in [1.54, 1.807) is 0 Å². The molecule has 0 aliphatic heterocycles. The SMILES string of the molecule is CC1(C)CCC(CN)C(c2cnc(C(F)(F)F)s2)C1. The average molecular weight is 292 g/mol. The number of halogens is 3. The summed E-state index contributed by atoms with van der Waals surface area (Å²) in [5.41, 5.74) is 5.94. The smallest absolute Gasteiger partial charge is 0.330 e. The second kappa shape index (κ2) is 5.05. The topological polar surface area (TPSA) is 38.9 Å². The largest absolute Gasteiger partial charge is 0.443 e. The molecule has 0 spiro atoms. The Morgan fingerprint density at radius 3 is 2.68 bits per heavy atom. The molecule has 1 heterocycles. The second-order valence-corrected chi connectivity index (χ2v) is 7.14. The lowest BCUT2D eigenvalue weighted by atomic mass is 9.67. The molecule has 2 nitrogen and oxygen atoms in total. The van der Waals surface area contributed by atoms with E-state index in [2.05, 4.69) is 18.8 Å². The zero-order chi connectivity index (χ0) is 14.3. The second-order valence-electron chi connectivity index (χ2n) is 6.07. The van der Waals surface area contributed by atoms with Crippen molar-refractivity contribution in [2.75, 3.05) is 6.54 Å².